The van der Waals surface area contributed by atoms with Crippen LogP contribution < -0.4 is 10.2 Å². The van der Waals surface area contributed by atoms with E-state index in [0.717, 1.165) is 34.1 Å². The molecule has 0 aliphatic heterocycles. The predicted molar refractivity (Wildman–Crippen MR) is 101 cm³/mol. The molecule has 0 aliphatic carbocycles. The van der Waals surface area contributed by atoms with Gasteiger partial charge in [-0.05, 0) is 44.5 Å². The summed E-state index contributed by atoms with van der Waals surface area (Å²) in [5, 5.41) is 2.89. The van der Waals surface area contributed by atoms with Gasteiger partial charge in [0.1, 0.15) is 18.1 Å². The van der Waals surface area contributed by atoms with Crippen LogP contribution in [0, 0.1) is 19.7 Å². The van der Waals surface area contributed by atoms with Gasteiger partial charge >= 0.3 is 0 Å². The van der Waals surface area contributed by atoms with Crippen molar-refractivity contribution < 1.29 is 14.1 Å². The molecule has 3 aromatic rings. The Kier molecular flexibility index (Phi) is 5.81. The molecule has 0 spiro atoms. The predicted octanol–water partition coefficient (Wildman–Crippen LogP) is 1.21. The van der Waals surface area contributed by atoms with Gasteiger partial charge in [0.25, 0.3) is 5.91 Å². The molecule has 1 aromatic carbocycles. The number of aromatic nitrogens is 3. The number of fused-ring (bicyclic) bond motifs is 1. The molecule has 3 rings (SSSR count). The zero-order valence-electron chi connectivity index (χ0n) is 15.9. The van der Waals surface area contributed by atoms with Crippen LogP contribution in [-0.2, 0) is 17.9 Å². The zero-order valence-corrected chi connectivity index (χ0v) is 15.9. The summed E-state index contributed by atoms with van der Waals surface area (Å²) in [7, 11) is 0. The third-order valence-corrected chi connectivity index (χ3v) is 4.56. The number of imidazole rings is 1. The zero-order chi connectivity index (χ0) is 19.4. The van der Waals surface area contributed by atoms with Crippen molar-refractivity contribution in [1.82, 2.24) is 19.7 Å². The molecule has 6 nitrogen and oxygen atoms in total. The van der Waals surface area contributed by atoms with Gasteiger partial charge in [-0.1, -0.05) is 12.1 Å². The number of benzene rings is 1. The molecule has 1 unspecified atom stereocenters. The Hall–Kier alpha value is -2.80. The number of halogens is 1. The van der Waals surface area contributed by atoms with E-state index in [1.165, 1.54) is 12.1 Å². The highest BCUT2D eigenvalue weighted by molar-refractivity contribution is 5.76. The molecule has 0 radical (unpaired) electrons. The highest BCUT2D eigenvalue weighted by atomic mass is 19.1. The van der Waals surface area contributed by atoms with Gasteiger partial charge < -0.3 is 10.2 Å². The summed E-state index contributed by atoms with van der Waals surface area (Å²) in [5.74, 6) is 0.378. The van der Waals surface area contributed by atoms with E-state index in [9.17, 15) is 9.18 Å². The number of carbonyl (C=O) groups excluding carboxylic acids is 1. The summed E-state index contributed by atoms with van der Waals surface area (Å²) in [6.45, 7) is 8.25. The van der Waals surface area contributed by atoms with Gasteiger partial charge in [-0.2, -0.15) is 0 Å². The molecule has 2 N–H and O–H groups in total. The van der Waals surface area contributed by atoms with Crippen LogP contribution in [0.2, 0.25) is 0 Å². The molecule has 0 bridgehead atoms. The first-order valence-corrected chi connectivity index (χ1v) is 9.11. The molecule has 0 fully saturated rings. The first kappa shape index (κ1) is 19.0. The third-order valence-electron chi connectivity index (χ3n) is 4.56. The van der Waals surface area contributed by atoms with E-state index in [4.69, 9.17) is 0 Å². The second-order valence-electron chi connectivity index (χ2n) is 6.80. The molecule has 27 heavy (non-hydrogen) atoms. The lowest BCUT2D eigenvalue weighted by atomic mass is 10.2. The minimum absolute atomic E-state index is 0.0370. The maximum atomic E-state index is 12.9. The lowest BCUT2D eigenvalue weighted by molar-refractivity contribution is -0.904. The highest BCUT2D eigenvalue weighted by Crippen LogP contribution is 2.07. The van der Waals surface area contributed by atoms with Crippen molar-refractivity contribution in [2.45, 2.75) is 33.9 Å². The van der Waals surface area contributed by atoms with E-state index in [1.807, 2.05) is 37.4 Å². The van der Waals surface area contributed by atoms with Gasteiger partial charge in [-0.3, -0.25) is 9.20 Å². The van der Waals surface area contributed by atoms with Crippen molar-refractivity contribution in [3.63, 3.8) is 0 Å². The molecule has 0 saturated heterocycles. The number of hydrogen-bond donors (Lipinski definition) is 2. The largest absolute Gasteiger partial charge is 0.347 e. The van der Waals surface area contributed by atoms with E-state index in [-0.39, 0.29) is 11.7 Å². The van der Waals surface area contributed by atoms with Crippen LogP contribution in [-0.4, -0.2) is 33.4 Å². The Bertz CT molecular complexity index is 935. The van der Waals surface area contributed by atoms with Crippen molar-refractivity contribution in [2.24, 2.45) is 0 Å². The Labute approximate surface area is 158 Å². The number of nitrogens with one attached hydrogen (secondary N) is 2. The number of nitrogens with zero attached hydrogens (tertiary/aromatic N) is 3. The van der Waals surface area contributed by atoms with Crippen molar-refractivity contribution >= 4 is 11.7 Å². The van der Waals surface area contributed by atoms with Crippen molar-refractivity contribution in [2.75, 3.05) is 13.1 Å². The first-order chi connectivity index (χ1) is 12.9. The summed E-state index contributed by atoms with van der Waals surface area (Å²) >= 11 is 0. The van der Waals surface area contributed by atoms with Crippen molar-refractivity contribution in [3.8, 4) is 0 Å². The molecule has 0 saturated carbocycles. The van der Waals surface area contributed by atoms with Gasteiger partial charge in [0.05, 0.1) is 6.54 Å². The van der Waals surface area contributed by atoms with Crippen LogP contribution in [0.15, 0.2) is 36.5 Å². The second-order valence-corrected chi connectivity index (χ2v) is 6.80. The number of likely N-dealkylation sites (N-methyl/N-ethyl adjacent to an activating group) is 1. The average molecular weight is 370 g/mol. The molecule has 0 aliphatic rings. The van der Waals surface area contributed by atoms with Crippen molar-refractivity contribution in [1.29, 1.82) is 0 Å². The van der Waals surface area contributed by atoms with Crippen LogP contribution in [0.5, 0.6) is 0 Å². The lowest BCUT2D eigenvalue weighted by Gasteiger charge is -2.16. The molecule has 2 aromatic heterocycles. The maximum Gasteiger partial charge on any atom is 0.275 e. The van der Waals surface area contributed by atoms with Crippen LogP contribution >= 0.6 is 0 Å². The number of carbonyl (C=O) groups is 1. The Morgan fingerprint density at radius 2 is 1.96 bits per heavy atom. The number of quaternary nitrogens is 1. The van der Waals surface area contributed by atoms with E-state index in [1.54, 1.807) is 12.1 Å². The van der Waals surface area contributed by atoms with Gasteiger partial charge in [-0.25, -0.2) is 14.4 Å². The second kappa shape index (κ2) is 8.26. The quantitative estimate of drug-likeness (QED) is 0.657. The van der Waals surface area contributed by atoms with E-state index >= 15 is 0 Å². The summed E-state index contributed by atoms with van der Waals surface area (Å²) in [5.41, 5.74) is 3.82. The molecular weight excluding hydrogens is 345 g/mol. The van der Waals surface area contributed by atoms with Gasteiger partial charge in [-0.15, -0.1) is 0 Å². The van der Waals surface area contributed by atoms with Gasteiger partial charge in [0.2, 0.25) is 5.78 Å². The minimum atomic E-state index is -0.279. The highest BCUT2D eigenvalue weighted by Gasteiger charge is 2.16. The normalized spacial score (nSPS) is 12.3. The maximum absolute atomic E-state index is 12.9. The number of aryl methyl sites for hydroxylation is 2. The Balaban J connectivity index is 1.59. The van der Waals surface area contributed by atoms with Gasteiger partial charge in [0.15, 0.2) is 6.54 Å². The molecule has 2 heterocycles. The summed E-state index contributed by atoms with van der Waals surface area (Å²) in [6, 6.07) is 8.16. The minimum Gasteiger partial charge on any atom is -0.347 e. The summed E-state index contributed by atoms with van der Waals surface area (Å²) in [4.78, 5) is 22.4. The topological polar surface area (TPSA) is 63.7 Å². The number of hydrogen-bond acceptors (Lipinski definition) is 3. The van der Waals surface area contributed by atoms with E-state index in [2.05, 4.69) is 15.3 Å². The smallest absolute Gasteiger partial charge is 0.275 e. The van der Waals surface area contributed by atoms with Crippen LogP contribution in [0.3, 0.4) is 0 Å². The Morgan fingerprint density at radius 3 is 2.67 bits per heavy atom. The number of amides is 1. The van der Waals surface area contributed by atoms with E-state index in [0.29, 0.717) is 25.4 Å². The van der Waals surface area contributed by atoms with Crippen LogP contribution in [0.1, 0.15) is 29.6 Å². The number of rotatable bonds is 7. The molecular formula is C20H25FN5O+. The lowest BCUT2D eigenvalue weighted by Crippen LogP contribution is -3.11. The van der Waals surface area contributed by atoms with Gasteiger partial charge in [0, 0.05) is 24.1 Å². The monoisotopic (exact) mass is 370 g/mol. The summed E-state index contributed by atoms with van der Waals surface area (Å²) < 4.78 is 14.9. The van der Waals surface area contributed by atoms with Crippen LogP contribution in [0.25, 0.3) is 5.78 Å². The fourth-order valence-electron chi connectivity index (χ4n) is 3.06. The SMILES string of the molecule is CC[NH+](CC(=O)NCc1ccc(F)cc1)Cc1cn2c(C)cc(C)nc2n1. The fraction of sp³-hybridized carbons (Fsp3) is 0.350. The Morgan fingerprint density at radius 1 is 1.22 bits per heavy atom. The third kappa shape index (κ3) is 4.89. The molecule has 1 atom stereocenters. The molecule has 142 valence electrons. The van der Waals surface area contributed by atoms with Crippen molar-refractivity contribution in [3.05, 3.63) is 65.0 Å². The van der Waals surface area contributed by atoms with E-state index < -0.39 is 0 Å². The standard InChI is InChI=1S/C20H24FN5O/c1-4-25(13-19(27)22-10-16-5-7-17(21)8-6-16)11-18-12-26-15(3)9-14(2)23-20(26)24-18/h5-9,12H,4,10-11,13H2,1-3H3,(H,22,27)/p+1. The summed E-state index contributed by atoms with van der Waals surface area (Å²) in [6.07, 6.45) is 1.99. The molecule has 1 amide bonds. The van der Waals surface area contributed by atoms with Crippen LogP contribution in [0.4, 0.5) is 4.39 Å². The average Bonchev–Trinajstić information content (AvgIpc) is 3.03. The first-order valence-electron chi connectivity index (χ1n) is 9.11. The fourth-order valence-corrected chi connectivity index (χ4v) is 3.06. The molecule has 7 heteroatoms.